The first-order chi connectivity index (χ1) is 9.65. The molecule has 3 nitrogen and oxygen atoms in total. The van der Waals surface area contributed by atoms with Gasteiger partial charge in [0.2, 0.25) is 5.91 Å². The first-order valence-corrected chi connectivity index (χ1v) is 8.27. The molecule has 0 saturated carbocycles. The molecular weight excluding hydrogens is 316 g/mol. The number of nitrogens with one attached hydrogen (secondary N) is 1. The van der Waals surface area contributed by atoms with Crippen LogP contribution in [0.5, 0.6) is 0 Å². The topological polar surface area (TPSA) is 32.3 Å². The largest absolute Gasteiger partial charge is 0.341 e. The Morgan fingerprint density at radius 1 is 1.40 bits per heavy atom. The van der Waals surface area contributed by atoms with E-state index >= 15 is 0 Å². The fourth-order valence-corrected chi connectivity index (χ4v) is 3.75. The monoisotopic (exact) mass is 336 g/mol. The Kier molecular flexibility index (Phi) is 4.13. The molecule has 0 bridgehead atoms. The number of nitrogens with zero attached hydrogens (tertiary/aromatic N) is 1. The molecule has 0 radical (unpaired) electrons. The molecule has 0 aromatic heterocycles. The van der Waals surface area contributed by atoms with Gasteiger partial charge in [0.05, 0.1) is 6.04 Å². The van der Waals surface area contributed by atoms with Gasteiger partial charge in [0.1, 0.15) is 0 Å². The Morgan fingerprint density at radius 3 is 2.90 bits per heavy atom. The molecule has 1 aromatic rings. The Hall–Kier alpha value is -0.870. The predicted octanol–water partition coefficient (Wildman–Crippen LogP) is 3.04. The van der Waals surface area contributed by atoms with E-state index in [9.17, 15) is 4.79 Å². The quantitative estimate of drug-likeness (QED) is 0.920. The maximum absolute atomic E-state index is 12.4. The highest BCUT2D eigenvalue weighted by Crippen LogP contribution is 2.33. The van der Waals surface area contributed by atoms with Crippen molar-refractivity contribution >= 4 is 21.8 Å². The van der Waals surface area contributed by atoms with Crippen molar-refractivity contribution in [3.8, 4) is 0 Å². The molecule has 1 fully saturated rings. The number of rotatable bonds is 3. The summed E-state index contributed by atoms with van der Waals surface area (Å²) in [5, 5.41) is 3.52. The van der Waals surface area contributed by atoms with Crippen LogP contribution < -0.4 is 5.32 Å². The number of hydrogen-bond donors (Lipinski definition) is 1. The summed E-state index contributed by atoms with van der Waals surface area (Å²) in [6.45, 7) is 3.86. The summed E-state index contributed by atoms with van der Waals surface area (Å²) in [5.41, 5.74) is 2.76. The minimum absolute atomic E-state index is 0.0901. The number of hydrogen-bond acceptors (Lipinski definition) is 2. The minimum Gasteiger partial charge on any atom is -0.341 e. The van der Waals surface area contributed by atoms with Crippen LogP contribution in [0.3, 0.4) is 0 Å². The van der Waals surface area contributed by atoms with Crippen LogP contribution in [0.2, 0.25) is 0 Å². The van der Waals surface area contributed by atoms with Crippen molar-refractivity contribution in [2.75, 3.05) is 13.1 Å². The zero-order valence-corrected chi connectivity index (χ0v) is 13.4. The summed E-state index contributed by atoms with van der Waals surface area (Å²) in [5.74, 6) is 0.257. The maximum Gasteiger partial charge on any atom is 0.239 e. The van der Waals surface area contributed by atoms with E-state index in [1.807, 2.05) is 11.8 Å². The third-order valence-electron chi connectivity index (χ3n) is 4.42. The number of aryl methyl sites for hydroxylation is 1. The highest BCUT2D eigenvalue weighted by atomic mass is 79.9. The number of likely N-dealkylation sites (tertiary alicyclic amines) is 1. The van der Waals surface area contributed by atoms with E-state index in [4.69, 9.17) is 0 Å². The summed E-state index contributed by atoms with van der Waals surface area (Å²) >= 11 is 3.52. The second-order valence-electron chi connectivity index (χ2n) is 5.86. The maximum atomic E-state index is 12.4. The molecule has 3 rings (SSSR count). The van der Waals surface area contributed by atoms with Crippen LogP contribution in [0.15, 0.2) is 22.7 Å². The Labute approximate surface area is 128 Å². The van der Waals surface area contributed by atoms with Crippen molar-refractivity contribution < 1.29 is 4.79 Å². The molecule has 1 aliphatic heterocycles. The SMILES string of the molecule is CC(NC1CCc2cc(Br)ccc21)C(=O)N1CCCC1. The van der Waals surface area contributed by atoms with Gasteiger partial charge in [-0.05, 0) is 55.9 Å². The third kappa shape index (κ3) is 2.77. The number of amides is 1. The van der Waals surface area contributed by atoms with Crippen molar-refractivity contribution in [1.82, 2.24) is 10.2 Å². The number of carbonyl (C=O) groups excluding carboxylic acids is 1. The summed E-state index contributed by atoms with van der Waals surface area (Å²) in [7, 11) is 0. The van der Waals surface area contributed by atoms with Gasteiger partial charge in [-0.3, -0.25) is 10.1 Å². The lowest BCUT2D eigenvalue weighted by Crippen LogP contribution is -2.44. The summed E-state index contributed by atoms with van der Waals surface area (Å²) in [6, 6.07) is 6.69. The third-order valence-corrected chi connectivity index (χ3v) is 4.92. The molecule has 1 amide bonds. The van der Waals surface area contributed by atoms with Crippen LogP contribution in [-0.4, -0.2) is 29.9 Å². The average molecular weight is 337 g/mol. The van der Waals surface area contributed by atoms with E-state index in [0.29, 0.717) is 6.04 Å². The lowest BCUT2D eigenvalue weighted by molar-refractivity contribution is -0.132. The predicted molar refractivity (Wildman–Crippen MR) is 83.6 cm³/mol. The van der Waals surface area contributed by atoms with E-state index in [2.05, 4.69) is 39.4 Å². The molecule has 1 heterocycles. The van der Waals surface area contributed by atoms with Crippen LogP contribution in [0.25, 0.3) is 0 Å². The molecule has 1 aliphatic carbocycles. The van der Waals surface area contributed by atoms with Gasteiger partial charge in [-0.1, -0.05) is 22.0 Å². The molecule has 4 heteroatoms. The van der Waals surface area contributed by atoms with Crippen LogP contribution in [0, 0.1) is 0 Å². The van der Waals surface area contributed by atoms with E-state index in [-0.39, 0.29) is 11.9 Å². The molecule has 1 saturated heterocycles. The molecule has 108 valence electrons. The Morgan fingerprint density at radius 2 is 2.15 bits per heavy atom. The highest BCUT2D eigenvalue weighted by Gasteiger charge is 2.28. The standard InChI is InChI=1S/C16H21BrN2O/c1-11(16(20)19-8-2-3-9-19)18-15-7-4-12-10-13(17)5-6-14(12)15/h5-6,10-11,15,18H,2-4,7-9H2,1H3. The lowest BCUT2D eigenvalue weighted by Gasteiger charge is -2.24. The zero-order valence-electron chi connectivity index (χ0n) is 11.9. The van der Waals surface area contributed by atoms with E-state index in [0.717, 1.165) is 43.2 Å². The smallest absolute Gasteiger partial charge is 0.239 e. The van der Waals surface area contributed by atoms with E-state index in [1.165, 1.54) is 11.1 Å². The van der Waals surface area contributed by atoms with Crippen LogP contribution in [-0.2, 0) is 11.2 Å². The van der Waals surface area contributed by atoms with Crippen LogP contribution >= 0.6 is 15.9 Å². The van der Waals surface area contributed by atoms with Crippen LogP contribution in [0.4, 0.5) is 0 Å². The molecule has 1 aromatic carbocycles. The normalized spacial score (nSPS) is 22.9. The van der Waals surface area contributed by atoms with Crippen LogP contribution in [0.1, 0.15) is 43.4 Å². The van der Waals surface area contributed by atoms with Crippen molar-refractivity contribution in [3.63, 3.8) is 0 Å². The van der Waals surface area contributed by atoms with Crippen molar-refractivity contribution in [3.05, 3.63) is 33.8 Å². The second kappa shape index (κ2) is 5.86. The van der Waals surface area contributed by atoms with Crippen molar-refractivity contribution in [1.29, 1.82) is 0 Å². The molecule has 2 unspecified atom stereocenters. The van der Waals surface area contributed by atoms with Gasteiger partial charge in [0, 0.05) is 23.6 Å². The van der Waals surface area contributed by atoms with E-state index < -0.39 is 0 Å². The lowest BCUT2D eigenvalue weighted by atomic mass is 10.1. The fourth-order valence-electron chi connectivity index (χ4n) is 3.34. The number of benzene rings is 1. The van der Waals surface area contributed by atoms with E-state index in [1.54, 1.807) is 0 Å². The van der Waals surface area contributed by atoms with Gasteiger partial charge < -0.3 is 4.90 Å². The minimum atomic E-state index is -0.0901. The number of carbonyl (C=O) groups is 1. The van der Waals surface area contributed by atoms with Crippen molar-refractivity contribution in [2.24, 2.45) is 0 Å². The first-order valence-electron chi connectivity index (χ1n) is 7.48. The van der Waals surface area contributed by atoms with Gasteiger partial charge >= 0.3 is 0 Å². The molecular formula is C16H21BrN2O. The Balaban J connectivity index is 1.66. The zero-order chi connectivity index (χ0) is 14.1. The Bertz CT molecular complexity index is 511. The average Bonchev–Trinajstić information content (AvgIpc) is 3.07. The molecule has 2 atom stereocenters. The van der Waals surface area contributed by atoms with Gasteiger partial charge in [0.25, 0.3) is 0 Å². The molecule has 20 heavy (non-hydrogen) atoms. The molecule has 0 spiro atoms. The summed E-state index contributed by atoms with van der Waals surface area (Å²) < 4.78 is 1.14. The van der Waals surface area contributed by atoms with Gasteiger partial charge in [0.15, 0.2) is 0 Å². The van der Waals surface area contributed by atoms with Gasteiger partial charge in [-0.2, -0.15) is 0 Å². The summed E-state index contributed by atoms with van der Waals surface area (Å²) in [6.07, 6.45) is 4.48. The summed E-state index contributed by atoms with van der Waals surface area (Å²) in [4.78, 5) is 14.4. The first kappa shape index (κ1) is 14.1. The number of fused-ring (bicyclic) bond motifs is 1. The highest BCUT2D eigenvalue weighted by molar-refractivity contribution is 9.10. The van der Waals surface area contributed by atoms with Gasteiger partial charge in [-0.25, -0.2) is 0 Å². The fraction of sp³-hybridized carbons (Fsp3) is 0.562. The molecule has 1 N–H and O–H groups in total. The van der Waals surface area contributed by atoms with Crippen molar-refractivity contribution in [2.45, 2.75) is 44.7 Å². The molecule has 2 aliphatic rings. The second-order valence-corrected chi connectivity index (χ2v) is 6.77. The number of halogens is 1. The van der Waals surface area contributed by atoms with Gasteiger partial charge in [-0.15, -0.1) is 0 Å².